The lowest BCUT2D eigenvalue weighted by atomic mass is 10.1. The van der Waals surface area contributed by atoms with Crippen LogP contribution in [0.4, 0.5) is 13.2 Å². The zero-order chi connectivity index (χ0) is 20.3. The molecule has 2 aromatic heterocycles. The van der Waals surface area contributed by atoms with E-state index in [2.05, 4.69) is 15.5 Å². The van der Waals surface area contributed by atoms with Gasteiger partial charge < -0.3 is 0 Å². The van der Waals surface area contributed by atoms with Crippen LogP contribution in [0.15, 0.2) is 47.8 Å². The molecule has 3 rings (SSSR count). The standard InChI is InChI=1S/C17H12ClF3N4O2S/c18-12-7-11(17(19,20)21)8-25-15(12)23-24-16(25)28-9-14(27)22-13(26)6-10-4-2-1-3-5-10/h1-5,7-8H,6,9H2,(H,22,26,27). The maximum absolute atomic E-state index is 12.9. The van der Waals surface area contributed by atoms with Gasteiger partial charge in [0.15, 0.2) is 10.8 Å². The van der Waals surface area contributed by atoms with E-state index >= 15 is 0 Å². The molecule has 2 amide bonds. The number of fused-ring (bicyclic) bond motifs is 1. The SMILES string of the molecule is O=C(CSc1nnc2c(Cl)cc(C(F)(F)F)cn12)NC(=O)Cc1ccccc1. The molecule has 146 valence electrons. The predicted octanol–water partition coefficient (Wildman–Crippen LogP) is 3.38. The normalized spacial score (nSPS) is 11.6. The van der Waals surface area contributed by atoms with Crippen LogP contribution < -0.4 is 5.32 Å². The molecule has 11 heteroatoms. The first-order chi connectivity index (χ1) is 13.2. The molecule has 2 heterocycles. The molecule has 0 saturated carbocycles. The van der Waals surface area contributed by atoms with Crippen LogP contribution in [0.5, 0.6) is 0 Å². The molecule has 0 aliphatic carbocycles. The largest absolute Gasteiger partial charge is 0.417 e. The molecule has 0 spiro atoms. The molecule has 0 radical (unpaired) electrons. The van der Waals surface area contributed by atoms with Crippen LogP contribution >= 0.6 is 23.4 Å². The van der Waals surface area contributed by atoms with Gasteiger partial charge in [-0.25, -0.2) is 0 Å². The maximum Gasteiger partial charge on any atom is 0.417 e. The van der Waals surface area contributed by atoms with E-state index in [9.17, 15) is 22.8 Å². The number of carbonyl (C=O) groups excluding carboxylic acids is 2. The summed E-state index contributed by atoms with van der Waals surface area (Å²) in [5.41, 5.74) is -0.176. The number of benzene rings is 1. The first-order valence-corrected chi connectivity index (χ1v) is 9.21. The van der Waals surface area contributed by atoms with Gasteiger partial charge in [0, 0.05) is 6.20 Å². The van der Waals surface area contributed by atoms with Crippen molar-refractivity contribution < 1.29 is 22.8 Å². The first-order valence-electron chi connectivity index (χ1n) is 7.85. The average Bonchev–Trinajstić information content (AvgIpc) is 3.03. The quantitative estimate of drug-likeness (QED) is 0.630. The van der Waals surface area contributed by atoms with Gasteiger partial charge in [-0.1, -0.05) is 53.7 Å². The number of nitrogens with one attached hydrogen (secondary N) is 1. The summed E-state index contributed by atoms with van der Waals surface area (Å²) >= 11 is 6.67. The van der Waals surface area contributed by atoms with Crippen molar-refractivity contribution in [3.8, 4) is 0 Å². The van der Waals surface area contributed by atoms with E-state index in [1.165, 1.54) is 0 Å². The van der Waals surface area contributed by atoms with Gasteiger partial charge in [-0.3, -0.25) is 19.3 Å². The van der Waals surface area contributed by atoms with Crippen molar-refractivity contribution in [3.05, 3.63) is 58.7 Å². The summed E-state index contributed by atoms with van der Waals surface area (Å²) in [6.45, 7) is 0. The lowest BCUT2D eigenvalue weighted by Gasteiger charge is -2.08. The van der Waals surface area contributed by atoms with Crippen LogP contribution in [-0.2, 0) is 22.2 Å². The molecule has 0 unspecified atom stereocenters. The van der Waals surface area contributed by atoms with Crippen molar-refractivity contribution in [2.45, 2.75) is 17.8 Å². The summed E-state index contributed by atoms with van der Waals surface area (Å²) < 4.78 is 39.9. The van der Waals surface area contributed by atoms with E-state index in [1.54, 1.807) is 24.3 Å². The van der Waals surface area contributed by atoms with E-state index in [4.69, 9.17) is 11.6 Å². The minimum atomic E-state index is -4.59. The molecule has 0 fully saturated rings. The molecule has 0 bridgehead atoms. The number of alkyl halides is 3. The third-order valence-electron chi connectivity index (χ3n) is 3.57. The summed E-state index contributed by atoms with van der Waals surface area (Å²) in [5.74, 6) is -1.30. The monoisotopic (exact) mass is 428 g/mol. The van der Waals surface area contributed by atoms with Crippen molar-refractivity contribution in [1.82, 2.24) is 19.9 Å². The van der Waals surface area contributed by atoms with Gasteiger partial charge in [0.25, 0.3) is 0 Å². The lowest BCUT2D eigenvalue weighted by Crippen LogP contribution is -2.33. The van der Waals surface area contributed by atoms with Gasteiger partial charge in [0.05, 0.1) is 22.8 Å². The number of imide groups is 1. The molecule has 0 aliphatic heterocycles. The molecule has 1 aromatic carbocycles. The third-order valence-corrected chi connectivity index (χ3v) is 4.80. The van der Waals surface area contributed by atoms with Gasteiger partial charge in [-0.05, 0) is 11.6 Å². The number of hydrogen-bond donors (Lipinski definition) is 1. The summed E-state index contributed by atoms with van der Waals surface area (Å²) in [4.78, 5) is 23.8. The molecular weight excluding hydrogens is 417 g/mol. The molecule has 28 heavy (non-hydrogen) atoms. The smallest absolute Gasteiger partial charge is 0.295 e. The Bertz CT molecular complexity index is 1020. The average molecular weight is 429 g/mol. The minimum Gasteiger partial charge on any atom is -0.295 e. The Balaban J connectivity index is 1.65. The number of aromatic nitrogens is 3. The third kappa shape index (κ3) is 4.82. The van der Waals surface area contributed by atoms with E-state index in [0.717, 1.165) is 34.0 Å². The number of nitrogens with zero attached hydrogens (tertiary/aromatic N) is 3. The van der Waals surface area contributed by atoms with Crippen LogP contribution in [0, 0.1) is 0 Å². The lowest BCUT2D eigenvalue weighted by molar-refractivity contribution is -0.138. The molecule has 0 atom stereocenters. The summed E-state index contributed by atoms with van der Waals surface area (Å²) in [6.07, 6.45) is -3.75. The van der Waals surface area contributed by atoms with Crippen molar-refractivity contribution in [1.29, 1.82) is 0 Å². The van der Waals surface area contributed by atoms with E-state index < -0.39 is 23.6 Å². The second kappa shape index (κ2) is 8.19. The van der Waals surface area contributed by atoms with Gasteiger partial charge in [-0.2, -0.15) is 13.2 Å². The molecule has 6 nitrogen and oxygen atoms in total. The second-order valence-corrected chi connectivity index (χ2v) is 7.02. The van der Waals surface area contributed by atoms with Crippen LogP contribution in [0.3, 0.4) is 0 Å². The number of hydrogen-bond acceptors (Lipinski definition) is 5. The minimum absolute atomic E-state index is 0.0374. The van der Waals surface area contributed by atoms with Crippen LogP contribution in [0.25, 0.3) is 5.65 Å². The Morgan fingerprint density at radius 3 is 2.54 bits per heavy atom. The van der Waals surface area contributed by atoms with Gasteiger partial charge in [0.1, 0.15) is 0 Å². The maximum atomic E-state index is 12.9. The molecule has 3 aromatic rings. The number of thioether (sulfide) groups is 1. The van der Waals surface area contributed by atoms with E-state index in [-0.39, 0.29) is 28.0 Å². The molecular formula is C17H12ClF3N4O2S. The highest BCUT2D eigenvalue weighted by Crippen LogP contribution is 2.33. The molecule has 1 N–H and O–H groups in total. The van der Waals surface area contributed by atoms with E-state index in [1.807, 2.05) is 6.07 Å². The van der Waals surface area contributed by atoms with Crippen LogP contribution in [-0.4, -0.2) is 32.2 Å². The Kier molecular flexibility index (Phi) is 5.90. The highest BCUT2D eigenvalue weighted by molar-refractivity contribution is 7.99. The molecule has 0 aliphatic rings. The van der Waals surface area contributed by atoms with Crippen molar-refractivity contribution >= 4 is 40.8 Å². The Morgan fingerprint density at radius 2 is 1.86 bits per heavy atom. The fourth-order valence-electron chi connectivity index (χ4n) is 2.33. The summed E-state index contributed by atoms with van der Waals surface area (Å²) in [6, 6.07) is 9.62. The Labute approximate surface area is 166 Å². The second-order valence-electron chi connectivity index (χ2n) is 5.67. The van der Waals surface area contributed by atoms with Gasteiger partial charge >= 0.3 is 6.18 Å². The first kappa shape index (κ1) is 20.2. The Morgan fingerprint density at radius 1 is 1.14 bits per heavy atom. The van der Waals surface area contributed by atoms with Gasteiger partial charge in [0.2, 0.25) is 11.8 Å². The van der Waals surface area contributed by atoms with Crippen LogP contribution in [0.2, 0.25) is 5.02 Å². The highest BCUT2D eigenvalue weighted by Gasteiger charge is 2.32. The number of carbonyl (C=O) groups is 2. The zero-order valence-electron chi connectivity index (χ0n) is 14.0. The number of amides is 2. The fraction of sp³-hybridized carbons (Fsp3) is 0.176. The molecule has 0 saturated heterocycles. The predicted molar refractivity (Wildman–Crippen MR) is 97.0 cm³/mol. The number of rotatable bonds is 5. The summed E-state index contributed by atoms with van der Waals surface area (Å²) in [7, 11) is 0. The topological polar surface area (TPSA) is 76.4 Å². The van der Waals surface area contributed by atoms with Gasteiger partial charge in [-0.15, -0.1) is 10.2 Å². The van der Waals surface area contributed by atoms with Crippen molar-refractivity contribution in [3.63, 3.8) is 0 Å². The number of halogens is 4. The summed E-state index contributed by atoms with van der Waals surface area (Å²) in [5, 5.41) is 9.55. The number of pyridine rings is 1. The highest BCUT2D eigenvalue weighted by atomic mass is 35.5. The van der Waals surface area contributed by atoms with E-state index in [0.29, 0.717) is 0 Å². The fourth-order valence-corrected chi connectivity index (χ4v) is 3.29. The van der Waals surface area contributed by atoms with Crippen molar-refractivity contribution in [2.75, 3.05) is 5.75 Å². The van der Waals surface area contributed by atoms with Crippen molar-refractivity contribution in [2.24, 2.45) is 0 Å². The van der Waals surface area contributed by atoms with Crippen LogP contribution in [0.1, 0.15) is 11.1 Å². The Hall–Kier alpha value is -2.59. The zero-order valence-corrected chi connectivity index (χ0v) is 15.6.